The highest BCUT2D eigenvalue weighted by molar-refractivity contribution is 5.94. The van der Waals surface area contributed by atoms with Crippen LogP contribution in [-0.4, -0.2) is 44.9 Å². The zero-order valence-corrected chi connectivity index (χ0v) is 15.9. The highest BCUT2D eigenvalue weighted by atomic mass is 35.5. The summed E-state index contributed by atoms with van der Waals surface area (Å²) in [5.74, 6) is -3.89. The first kappa shape index (κ1) is 22.7. The Bertz CT molecular complexity index is 929. The average Bonchev–Trinajstić information content (AvgIpc) is 3.00. The molecule has 3 N–H and O–H groups in total. The Balaban J connectivity index is 0.00000182. The van der Waals surface area contributed by atoms with Crippen LogP contribution in [0.3, 0.4) is 0 Å². The van der Waals surface area contributed by atoms with Crippen molar-refractivity contribution in [2.45, 2.75) is 12.8 Å². The first-order chi connectivity index (χ1) is 11.9. The second-order valence-electron chi connectivity index (χ2n) is 5.55. The van der Waals surface area contributed by atoms with Gasteiger partial charge < -0.3 is 11.1 Å². The van der Waals surface area contributed by atoms with Crippen LogP contribution in [-0.2, 0) is 0 Å². The number of hydrogen-bond acceptors (Lipinski definition) is 5. The highest BCUT2D eigenvalue weighted by Gasteiger charge is 2.28. The number of benzene rings is 1. The molecule has 0 unspecified atom stereocenters. The molecule has 0 radical (unpaired) electrons. The van der Waals surface area contributed by atoms with E-state index < -0.39 is 24.9 Å². The van der Waals surface area contributed by atoms with E-state index in [0.29, 0.717) is 5.69 Å². The molecule has 0 atom stereocenters. The number of nitrogens with one attached hydrogen (secondary N) is 1. The van der Waals surface area contributed by atoms with E-state index in [2.05, 4.69) is 20.6 Å². The van der Waals surface area contributed by atoms with Crippen LogP contribution in [0.2, 0.25) is 0 Å². The first-order valence-electron chi connectivity index (χ1n) is 7.54. The number of halogens is 4. The molecular weight excluding hydrogens is 401 g/mol. The zero-order valence-electron chi connectivity index (χ0n) is 14.2. The molecule has 2 aromatic heterocycles. The van der Waals surface area contributed by atoms with E-state index in [-0.39, 0.29) is 30.5 Å². The molecule has 3 rings (SSSR count). The van der Waals surface area contributed by atoms with Crippen LogP contribution >= 0.6 is 24.8 Å². The van der Waals surface area contributed by atoms with Gasteiger partial charge in [-0.15, -0.1) is 29.9 Å². The molecule has 0 saturated heterocycles. The number of nitrogens with two attached hydrogens (primary N) is 1. The third-order valence-electron chi connectivity index (χ3n) is 3.80. The summed E-state index contributed by atoms with van der Waals surface area (Å²) in [6.45, 7) is -0.0480. The molecule has 0 aliphatic carbocycles. The van der Waals surface area contributed by atoms with Crippen LogP contribution in [0, 0.1) is 6.92 Å². The van der Waals surface area contributed by atoms with Gasteiger partial charge in [-0.1, -0.05) is 17.3 Å². The molecule has 0 spiro atoms. The summed E-state index contributed by atoms with van der Waals surface area (Å²) >= 11 is 0. The Kier molecular flexibility index (Phi) is 7.58. The average molecular weight is 419 g/mol. The van der Waals surface area contributed by atoms with E-state index in [1.807, 2.05) is 24.3 Å². The summed E-state index contributed by atoms with van der Waals surface area (Å²) < 4.78 is 27.9. The predicted molar refractivity (Wildman–Crippen MR) is 102 cm³/mol. The van der Waals surface area contributed by atoms with Gasteiger partial charge in [-0.3, -0.25) is 9.78 Å². The van der Waals surface area contributed by atoms with E-state index in [1.54, 1.807) is 19.3 Å². The molecular formula is C16H18Cl2F2N6O. The molecule has 146 valence electrons. The SMILES string of the molecule is Cc1c(C(=O)NCC(F)(F)CN)nnn1-c1cccc2cnccc12.Cl.Cl. The number of carbonyl (C=O) groups is 1. The standard InChI is InChI=1S/C16H16F2N6O.2ClH/c1-10-14(15(25)21-9-16(17,18)8-19)22-23-24(10)13-4-2-3-11-7-20-6-5-12(11)13;;/h2-7H,8-9,19H2,1H3,(H,21,25);2*1H. The molecule has 27 heavy (non-hydrogen) atoms. The Morgan fingerprint density at radius 3 is 2.74 bits per heavy atom. The quantitative estimate of drug-likeness (QED) is 0.661. The van der Waals surface area contributed by atoms with E-state index in [4.69, 9.17) is 5.73 Å². The van der Waals surface area contributed by atoms with Crippen molar-refractivity contribution in [2.24, 2.45) is 5.73 Å². The number of nitrogens with zero attached hydrogens (tertiary/aromatic N) is 4. The van der Waals surface area contributed by atoms with Gasteiger partial charge in [0.05, 0.1) is 24.5 Å². The maximum Gasteiger partial charge on any atom is 0.277 e. The van der Waals surface area contributed by atoms with Crippen molar-refractivity contribution in [3.05, 3.63) is 48.0 Å². The Morgan fingerprint density at radius 2 is 2.04 bits per heavy atom. The summed E-state index contributed by atoms with van der Waals surface area (Å²) in [6.07, 6.45) is 3.37. The molecule has 7 nitrogen and oxygen atoms in total. The van der Waals surface area contributed by atoms with Gasteiger partial charge in [0, 0.05) is 23.2 Å². The van der Waals surface area contributed by atoms with Crippen LogP contribution < -0.4 is 11.1 Å². The topological polar surface area (TPSA) is 98.7 Å². The molecule has 1 amide bonds. The van der Waals surface area contributed by atoms with E-state index in [0.717, 1.165) is 16.5 Å². The lowest BCUT2D eigenvalue weighted by molar-refractivity contribution is 0.0118. The van der Waals surface area contributed by atoms with Gasteiger partial charge in [0.2, 0.25) is 0 Å². The van der Waals surface area contributed by atoms with Gasteiger partial charge in [0.15, 0.2) is 5.69 Å². The molecule has 0 bridgehead atoms. The molecule has 0 saturated carbocycles. The normalized spacial score (nSPS) is 10.8. The maximum absolute atomic E-state index is 13.2. The summed E-state index contributed by atoms with van der Waals surface area (Å²) in [5.41, 5.74) is 6.10. The third-order valence-corrected chi connectivity index (χ3v) is 3.80. The largest absolute Gasteiger partial charge is 0.344 e. The first-order valence-corrected chi connectivity index (χ1v) is 7.54. The van der Waals surface area contributed by atoms with Crippen molar-refractivity contribution in [3.8, 4) is 5.69 Å². The lowest BCUT2D eigenvalue weighted by Crippen LogP contribution is -2.41. The Labute approximate surface area is 166 Å². The number of hydrogen-bond donors (Lipinski definition) is 2. The van der Waals surface area contributed by atoms with Crippen LogP contribution in [0.5, 0.6) is 0 Å². The van der Waals surface area contributed by atoms with Crippen LogP contribution in [0.25, 0.3) is 16.5 Å². The number of rotatable bonds is 5. The van der Waals surface area contributed by atoms with Crippen molar-refractivity contribution in [2.75, 3.05) is 13.1 Å². The molecule has 2 heterocycles. The van der Waals surface area contributed by atoms with Gasteiger partial charge in [-0.25, -0.2) is 13.5 Å². The number of alkyl halides is 2. The van der Waals surface area contributed by atoms with E-state index in [9.17, 15) is 13.6 Å². The van der Waals surface area contributed by atoms with E-state index in [1.165, 1.54) is 4.68 Å². The Hall–Kier alpha value is -2.36. The lowest BCUT2D eigenvalue weighted by Gasteiger charge is -2.14. The fraction of sp³-hybridized carbons (Fsp3) is 0.250. The van der Waals surface area contributed by atoms with Crippen molar-refractivity contribution < 1.29 is 13.6 Å². The van der Waals surface area contributed by atoms with Crippen molar-refractivity contribution in [3.63, 3.8) is 0 Å². The minimum atomic E-state index is -3.16. The summed E-state index contributed by atoms with van der Waals surface area (Å²) in [5, 5.41) is 11.8. The van der Waals surface area contributed by atoms with Crippen molar-refractivity contribution >= 4 is 41.5 Å². The second-order valence-corrected chi connectivity index (χ2v) is 5.55. The maximum atomic E-state index is 13.2. The molecule has 11 heteroatoms. The number of aromatic nitrogens is 4. The van der Waals surface area contributed by atoms with Gasteiger partial charge in [0.1, 0.15) is 0 Å². The molecule has 1 aromatic carbocycles. The van der Waals surface area contributed by atoms with Gasteiger partial charge in [-0.2, -0.15) is 0 Å². The van der Waals surface area contributed by atoms with Crippen LogP contribution in [0.1, 0.15) is 16.2 Å². The third kappa shape index (κ3) is 4.68. The van der Waals surface area contributed by atoms with Gasteiger partial charge in [0.25, 0.3) is 11.8 Å². The molecule has 0 aliphatic rings. The fourth-order valence-corrected chi connectivity index (χ4v) is 2.42. The molecule has 3 aromatic rings. The minimum absolute atomic E-state index is 0. The minimum Gasteiger partial charge on any atom is -0.344 e. The number of amides is 1. The van der Waals surface area contributed by atoms with Crippen LogP contribution in [0.15, 0.2) is 36.7 Å². The van der Waals surface area contributed by atoms with Crippen molar-refractivity contribution in [1.82, 2.24) is 25.3 Å². The Morgan fingerprint density at radius 1 is 1.30 bits per heavy atom. The second kappa shape index (κ2) is 9.03. The van der Waals surface area contributed by atoms with Gasteiger partial charge in [-0.05, 0) is 19.1 Å². The van der Waals surface area contributed by atoms with E-state index >= 15 is 0 Å². The predicted octanol–water partition coefficient (Wildman–Crippen LogP) is 2.29. The molecule has 0 fully saturated rings. The smallest absolute Gasteiger partial charge is 0.277 e. The zero-order chi connectivity index (χ0) is 18.0. The lowest BCUT2D eigenvalue weighted by atomic mass is 10.1. The summed E-state index contributed by atoms with van der Waals surface area (Å²) in [7, 11) is 0. The highest BCUT2D eigenvalue weighted by Crippen LogP contribution is 2.22. The van der Waals surface area contributed by atoms with Crippen LogP contribution in [0.4, 0.5) is 8.78 Å². The summed E-state index contributed by atoms with van der Waals surface area (Å²) in [6, 6.07) is 7.39. The number of pyridine rings is 1. The van der Waals surface area contributed by atoms with Crippen molar-refractivity contribution in [1.29, 1.82) is 0 Å². The van der Waals surface area contributed by atoms with Gasteiger partial charge >= 0.3 is 0 Å². The monoisotopic (exact) mass is 418 g/mol. The molecule has 0 aliphatic heterocycles. The summed E-state index contributed by atoms with van der Waals surface area (Å²) in [4.78, 5) is 16.2. The fourth-order valence-electron chi connectivity index (χ4n) is 2.42. The number of fused-ring (bicyclic) bond motifs is 1. The number of carbonyl (C=O) groups excluding carboxylic acids is 1.